The molecule has 0 aromatic heterocycles. The van der Waals surface area contributed by atoms with Crippen LogP contribution in [0.15, 0.2) is 23.8 Å². The first-order valence-corrected chi connectivity index (χ1v) is 8.59. The summed E-state index contributed by atoms with van der Waals surface area (Å²) in [4.78, 5) is 26.5. The highest BCUT2D eigenvalue weighted by Gasteiger charge is 2.31. The summed E-state index contributed by atoms with van der Waals surface area (Å²) in [6, 6.07) is 5.51. The van der Waals surface area contributed by atoms with Gasteiger partial charge in [-0.2, -0.15) is 0 Å². The van der Waals surface area contributed by atoms with E-state index in [2.05, 4.69) is 0 Å². The Kier molecular flexibility index (Phi) is 5.26. The molecule has 2 aliphatic rings. The molecule has 0 spiro atoms. The van der Waals surface area contributed by atoms with Gasteiger partial charge in [-0.15, -0.1) is 0 Å². The van der Waals surface area contributed by atoms with Gasteiger partial charge in [0.15, 0.2) is 0 Å². The normalized spacial score (nSPS) is 19.4. The number of piperidine rings is 1. The molecule has 3 rings (SSSR count). The second-order valence-electron chi connectivity index (χ2n) is 6.20. The second kappa shape index (κ2) is 7.59. The van der Waals surface area contributed by atoms with E-state index in [0.29, 0.717) is 31.0 Å². The number of likely N-dealkylation sites (tertiary alicyclic amines) is 1. The van der Waals surface area contributed by atoms with Gasteiger partial charge < -0.3 is 19.1 Å². The van der Waals surface area contributed by atoms with Crippen molar-refractivity contribution in [3.63, 3.8) is 0 Å². The third-order valence-electron chi connectivity index (χ3n) is 4.53. The molecular weight excluding hydrogens is 322 g/mol. The van der Waals surface area contributed by atoms with Crippen LogP contribution in [0.2, 0.25) is 0 Å². The Hall–Kier alpha value is -2.50. The second-order valence-corrected chi connectivity index (χ2v) is 6.20. The van der Waals surface area contributed by atoms with Crippen LogP contribution >= 0.6 is 0 Å². The zero-order valence-corrected chi connectivity index (χ0v) is 14.6. The van der Waals surface area contributed by atoms with Crippen LogP contribution in [0.4, 0.5) is 0 Å². The molecule has 6 nitrogen and oxygen atoms in total. The smallest absolute Gasteiger partial charge is 0.310 e. The van der Waals surface area contributed by atoms with E-state index in [0.717, 1.165) is 24.2 Å². The van der Waals surface area contributed by atoms with E-state index in [4.69, 9.17) is 14.2 Å². The van der Waals surface area contributed by atoms with E-state index in [-0.39, 0.29) is 24.4 Å². The third kappa shape index (κ3) is 3.78. The monoisotopic (exact) mass is 345 g/mol. The summed E-state index contributed by atoms with van der Waals surface area (Å²) >= 11 is 0. The zero-order valence-electron chi connectivity index (χ0n) is 14.6. The minimum absolute atomic E-state index is 0.0810. The standard InChI is InChI=1S/C19H23NO5/c1-3-24-19(22)13-5-4-8-20(11-13)18(21)15-9-14-10-16(23-2)6-7-17(14)25-12-15/h6-7,9-10,13H,3-5,8,11-12H2,1-2H3/t13-/m0/s1. The molecule has 2 heterocycles. The molecule has 25 heavy (non-hydrogen) atoms. The van der Waals surface area contributed by atoms with Crippen LogP contribution in [-0.2, 0) is 14.3 Å². The number of nitrogens with zero attached hydrogens (tertiary/aromatic N) is 1. The predicted octanol–water partition coefficient (Wildman–Crippen LogP) is 2.27. The van der Waals surface area contributed by atoms with E-state index in [1.54, 1.807) is 18.9 Å². The summed E-state index contributed by atoms with van der Waals surface area (Å²) in [7, 11) is 1.60. The number of ether oxygens (including phenoxy) is 3. The fourth-order valence-electron chi connectivity index (χ4n) is 3.22. The third-order valence-corrected chi connectivity index (χ3v) is 4.53. The summed E-state index contributed by atoms with van der Waals surface area (Å²) in [5.74, 6) is 0.912. The molecule has 1 amide bonds. The van der Waals surface area contributed by atoms with Crippen molar-refractivity contribution < 1.29 is 23.8 Å². The highest BCUT2D eigenvalue weighted by atomic mass is 16.5. The van der Waals surface area contributed by atoms with Gasteiger partial charge >= 0.3 is 5.97 Å². The molecule has 6 heteroatoms. The van der Waals surface area contributed by atoms with Crippen molar-refractivity contribution in [2.75, 3.05) is 33.4 Å². The minimum Gasteiger partial charge on any atom is -0.497 e. The molecule has 0 N–H and O–H groups in total. The molecule has 0 radical (unpaired) electrons. The molecule has 0 saturated carbocycles. The lowest BCUT2D eigenvalue weighted by atomic mass is 9.97. The largest absolute Gasteiger partial charge is 0.497 e. The number of esters is 1. The van der Waals surface area contributed by atoms with Gasteiger partial charge in [-0.25, -0.2) is 0 Å². The maximum atomic E-state index is 12.8. The maximum absolute atomic E-state index is 12.8. The Balaban J connectivity index is 1.74. The first kappa shape index (κ1) is 17.3. The van der Waals surface area contributed by atoms with Crippen molar-refractivity contribution in [1.29, 1.82) is 0 Å². The summed E-state index contributed by atoms with van der Waals surface area (Å²) in [6.45, 7) is 3.44. The maximum Gasteiger partial charge on any atom is 0.310 e. The van der Waals surface area contributed by atoms with Gasteiger partial charge in [-0.1, -0.05) is 0 Å². The van der Waals surface area contributed by atoms with Crippen molar-refractivity contribution in [1.82, 2.24) is 4.90 Å². The zero-order chi connectivity index (χ0) is 17.8. The predicted molar refractivity (Wildman–Crippen MR) is 92.4 cm³/mol. The Morgan fingerprint density at radius 1 is 1.36 bits per heavy atom. The molecule has 2 aliphatic heterocycles. The van der Waals surface area contributed by atoms with Gasteiger partial charge in [-0.05, 0) is 44.0 Å². The highest BCUT2D eigenvalue weighted by molar-refractivity contribution is 5.99. The molecule has 0 unspecified atom stereocenters. The number of fused-ring (bicyclic) bond motifs is 1. The summed E-state index contributed by atoms with van der Waals surface area (Å²) in [5.41, 5.74) is 1.41. The number of rotatable bonds is 4. The summed E-state index contributed by atoms with van der Waals surface area (Å²) < 4.78 is 16.0. The minimum atomic E-state index is -0.241. The van der Waals surface area contributed by atoms with E-state index >= 15 is 0 Å². The lowest BCUT2D eigenvalue weighted by Crippen LogP contribution is -2.44. The Bertz CT molecular complexity index is 697. The molecule has 1 saturated heterocycles. The van der Waals surface area contributed by atoms with Gasteiger partial charge in [-0.3, -0.25) is 9.59 Å². The van der Waals surface area contributed by atoms with E-state index < -0.39 is 0 Å². The van der Waals surface area contributed by atoms with Gasteiger partial charge in [0.25, 0.3) is 5.91 Å². The molecule has 1 aromatic rings. The molecule has 134 valence electrons. The van der Waals surface area contributed by atoms with Gasteiger partial charge in [0.2, 0.25) is 0 Å². The number of methoxy groups -OCH3 is 1. The Morgan fingerprint density at radius 3 is 2.96 bits per heavy atom. The van der Waals surface area contributed by atoms with Crippen molar-refractivity contribution in [2.45, 2.75) is 19.8 Å². The van der Waals surface area contributed by atoms with Crippen LogP contribution < -0.4 is 9.47 Å². The summed E-state index contributed by atoms with van der Waals surface area (Å²) in [5, 5.41) is 0. The first-order valence-electron chi connectivity index (χ1n) is 8.59. The van der Waals surface area contributed by atoms with Crippen LogP contribution in [-0.4, -0.2) is 50.2 Å². The Labute approximate surface area is 147 Å². The first-order chi connectivity index (χ1) is 12.1. The SMILES string of the molecule is CCOC(=O)[C@H]1CCCN(C(=O)C2=Cc3cc(OC)ccc3OC2)C1. The van der Waals surface area contributed by atoms with Crippen LogP contribution in [0.1, 0.15) is 25.3 Å². The van der Waals surface area contributed by atoms with Crippen LogP contribution in [0.5, 0.6) is 11.5 Å². The number of hydrogen-bond acceptors (Lipinski definition) is 5. The van der Waals surface area contributed by atoms with Crippen molar-refractivity contribution in [2.24, 2.45) is 5.92 Å². The molecule has 0 aliphatic carbocycles. The molecule has 1 fully saturated rings. The van der Waals surface area contributed by atoms with Crippen LogP contribution in [0.25, 0.3) is 6.08 Å². The van der Waals surface area contributed by atoms with Crippen LogP contribution in [0.3, 0.4) is 0 Å². The van der Waals surface area contributed by atoms with E-state index in [1.165, 1.54) is 0 Å². The number of hydrogen-bond donors (Lipinski definition) is 0. The average Bonchev–Trinajstić information content (AvgIpc) is 2.66. The average molecular weight is 345 g/mol. The Morgan fingerprint density at radius 2 is 2.20 bits per heavy atom. The lowest BCUT2D eigenvalue weighted by Gasteiger charge is -2.32. The number of carbonyl (C=O) groups excluding carboxylic acids is 2. The lowest BCUT2D eigenvalue weighted by molar-refractivity contribution is -0.150. The van der Waals surface area contributed by atoms with Crippen molar-refractivity contribution in [3.05, 3.63) is 29.3 Å². The quantitative estimate of drug-likeness (QED) is 0.783. The topological polar surface area (TPSA) is 65.1 Å². The fourth-order valence-corrected chi connectivity index (χ4v) is 3.22. The number of benzene rings is 1. The highest BCUT2D eigenvalue weighted by Crippen LogP contribution is 2.31. The molecule has 1 aromatic carbocycles. The van der Waals surface area contributed by atoms with Crippen molar-refractivity contribution >= 4 is 18.0 Å². The number of amides is 1. The van der Waals surface area contributed by atoms with Gasteiger partial charge in [0, 0.05) is 18.7 Å². The summed E-state index contributed by atoms with van der Waals surface area (Å²) in [6.07, 6.45) is 3.41. The van der Waals surface area contributed by atoms with E-state index in [1.807, 2.05) is 24.3 Å². The van der Waals surface area contributed by atoms with Gasteiger partial charge in [0.05, 0.1) is 25.2 Å². The molecular formula is C19H23NO5. The molecule has 1 atom stereocenters. The number of carbonyl (C=O) groups is 2. The fraction of sp³-hybridized carbons (Fsp3) is 0.474. The van der Waals surface area contributed by atoms with Crippen LogP contribution in [0, 0.1) is 5.92 Å². The molecule has 0 bridgehead atoms. The van der Waals surface area contributed by atoms with Gasteiger partial charge in [0.1, 0.15) is 18.1 Å². The van der Waals surface area contributed by atoms with E-state index in [9.17, 15) is 9.59 Å². The van der Waals surface area contributed by atoms with Crippen molar-refractivity contribution in [3.8, 4) is 11.5 Å².